The first-order valence-electron chi connectivity index (χ1n) is 9.53. The van der Waals surface area contributed by atoms with Crippen LogP contribution in [-0.2, 0) is 14.8 Å². The van der Waals surface area contributed by atoms with Crippen molar-refractivity contribution in [2.45, 2.75) is 16.7 Å². The molecule has 0 atom stereocenters. The number of methoxy groups -OCH3 is 1. The van der Waals surface area contributed by atoms with Crippen molar-refractivity contribution in [3.05, 3.63) is 83.9 Å². The van der Waals surface area contributed by atoms with Crippen molar-refractivity contribution in [1.29, 1.82) is 0 Å². The second-order valence-electron chi connectivity index (χ2n) is 6.60. The Morgan fingerprint density at radius 3 is 2.32 bits per heavy atom. The molecule has 0 radical (unpaired) electrons. The number of ether oxygens (including phenoxy) is 2. The minimum absolute atomic E-state index is 0.0333. The minimum atomic E-state index is -3.73. The number of benzene rings is 3. The second-order valence-corrected chi connectivity index (χ2v) is 9.54. The number of rotatable bonds is 9. The summed E-state index contributed by atoms with van der Waals surface area (Å²) in [6.45, 7) is 1.97. The fraction of sp³-hybridized carbons (Fsp3) is 0.174. The summed E-state index contributed by atoms with van der Waals surface area (Å²) in [7, 11) is -2.47. The summed E-state index contributed by atoms with van der Waals surface area (Å²) in [4.78, 5) is 12.8. The van der Waals surface area contributed by atoms with E-state index in [0.29, 0.717) is 11.3 Å². The number of para-hydroxylation sites is 1. The summed E-state index contributed by atoms with van der Waals surface area (Å²) < 4.78 is 38.1. The van der Waals surface area contributed by atoms with Crippen LogP contribution in [0.4, 0.5) is 0 Å². The van der Waals surface area contributed by atoms with Gasteiger partial charge in [-0.2, -0.15) is 0 Å². The normalized spacial score (nSPS) is 11.2. The van der Waals surface area contributed by atoms with Crippen LogP contribution in [0.3, 0.4) is 0 Å². The lowest BCUT2D eigenvalue weighted by atomic mass is 10.1. The summed E-state index contributed by atoms with van der Waals surface area (Å²) in [5.74, 6) is 1.49. The summed E-state index contributed by atoms with van der Waals surface area (Å²) >= 11 is 1.53. The number of carbonyl (C=O) groups excluding carboxylic acids is 1. The third-order valence-electron chi connectivity index (χ3n) is 4.39. The van der Waals surface area contributed by atoms with Crippen LogP contribution in [0.5, 0.6) is 11.5 Å². The predicted octanol–water partition coefficient (Wildman–Crippen LogP) is 4.64. The molecule has 3 aromatic rings. The van der Waals surface area contributed by atoms with E-state index in [4.69, 9.17) is 9.47 Å². The molecule has 0 amide bonds. The van der Waals surface area contributed by atoms with E-state index in [0.717, 1.165) is 16.4 Å². The largest absolute Gasteiger partial charge is 0.465 e. The topological polar surface area (TPSA) is 81.7 Å². The van der Waals surface area contributed by atoms with Gasteiger partial charge in [0, 0.05) is 17.2 Å². The maximum Gasteiger partial charge on any atom is 0.338 e. The quantitative estimate of drug-likeness (QED) is 0.286. The lowest BCUT2D eigenvalue weighted by Crippen LogP contribution is -2.26. The highest BCUT2D eigenvalue weighted by Crippen LogP contribution is 2.25. The molecular weight excluding hydrogens is 434 g/mol. The van der Waals surface area contributed by atoms with Gasteiger partial charge in [0.1, 0.15) is 11.5 Å². The highest BCUT2D eigenvalue weighted by molar-refractivity contribution is 7.99. The number of sulfonamides is 1. The van der Waals surface area contributed by atoms with Gasteiger partial charge in [0.2, 0.25) is 10.0 Å². The van der Waals surface area contributed by atoms with Crippen LogP contribution < -0.4 is 9.46 Å². The van der Waals surface area contributed by atoms with E-state index in [9.17, 15) is 13.2 Å². The molecule has 0 bridgehead atoms. The zero-order chi connectivity index (χ0) is 22.3. The molecular formula is C23H23NO5S2. The Bertz CT molecular complexity index is 1130. The number of hydrogen-bond donors (Lipinski definition) is 1. The molecule has 0 saturated carbocycles. The predicted molar refractivity (Wildman–Crippen MR) is 121 cm³/mol. The van der Waals surface area contributed by atoms with Gasteiger partial charge in [0.25, 0.3) is 0 Å². The van der Waals surface area contributed by atoms with Gasteiger partial charge in [-0.25, -0.2) is 17.9 Å². The molecule has 3 rings (SSSR count). The number of esters is 1. The van der Waals surface area contributed by atoms with Gasteiger partial charge in [-0.15, -0.1) is 11.8 Å². The van der Waals surface area contributed by atoms with Crippen molar-refractivity contribution in [3.63, 3.8) is 0 Å². The molecule has 3 aromatic carbocycles. The maximum atomic E-state index is 12.5. The van der Waals surface area contributed by atoms with Gasteiger partial charge in [-0.1, -0.05) is 24.3 Å². The molecule has 0 fully saturated rings. The third kappa shape index (κ3) is 6.33. The molecule has 1 N–H and O–H groups in total. The highest BCUT2D eigenvalue weighted by Gasteiger charge is 2.18. The van der Waals surface area contributed by atoms with Crippen LogP contribution in [0.1, 0.15) is 15.9 Å². The third-order valence-corrected chi connectivity index (χ3v) is 6.86. The summed E-state index contributed by atoms with van der Waals surface area (Å²) in [5.41, 5.74) is 0.888. The molecule has 0 aliphatic rings. The summed E-state index contributed by atoms with van der Waals surface area (Å²) in [5, 5.41) is 0. The SMILES string of the molecule is COC(=O)c1cc(S(=O)(=O)NCCSc2ccc(Oc3ccccc3)cc2)ccc1C. The number of carbonyl (C=O) groups is 1. The van der Waals surface area contributed by atoms with Gasteiger partial charge in [-0.3, -0.25) is 0 Å². The zero-order valence-corrected chi connectivity index (χ0v) is 18.8. The fourth-order valence-corrected chi connectivity index (χ4v) is 4.71. The Kier molecular flexibility index (Phi) is 7.73. The minimum Gasteiger partial charge on any atom is -0.465 e. The number of aryl methyl sites for hydroxylation is 1. The highest BCUT2D eigenvalue weighted by atomic mass is 32.2. The van der Waals surface area contributed by atoms with E-state index in [1.165, 1.54) is 31.0 Å². The van der Waals surface area contributed by atoms with Crippen LogP contribution in [-0.4, -0.2) is 33.8 Å². The average molecular weight is 458 g/mol. The molecule has 0 aliphatic carbocycles. The van der Waals surface area contributed by atoms with E-state index in [-0.39, 0.29) is 17.0 Å². The smallest absolute Gasteiger partial charge is 0.338 e. The number of nitrogens with one attached hydrogen (secondary N) is 1. The Morgan fingerprint density at radius 2 is 1.65 bits per heavy atom. The van der Waals surface area contributed by atoms with E-state index in [1.807, 2.05) is 54.6 Å². The standard InChI is InChI=1S/C23H23NO5S2/c1-17-8-13-21(16-22(17)23(25)28-2)31(26,27)24-14-15-30-20-11-9-19(10-12-20)29-18-6-4-3-5-7-18/h3-13,16,24H,14-15H2,1-2H3. The Hall–Kier alpha value is -2.81. The van der Waals surface area contributed by atoms with Crippen LogP contribution in [0.25, 0.3) is 0 Å². The average Bonchev–Trinajstić information content (AvgIpc) is 2.78. The zero-order valence-electron chi connectivity index (χ0n) is 17.2. The molecule has 6 nitrogen and oxygen atoms in total. The molecule has 0 aromatic heterocycles. The first kappa shape index (κ1) is 22.9. The van der Waals surface area contributed by atoms with Gasteiger partial charge in [-0.05, 0) is 61.0 Å². The Labute approximate surface area is 186 Å². The molecule has 0 unspecified atom stereocenters. The summed E-state index contributed by atoms with van der Waals surface area (Å²) in [6, 6.07) is 21.5. The van der Waals surface area contributed by atoms with Crippen molar-refractivity contribution in [1.82, 2.24) is 4.72 Å². The van der Waals surface area contributed by atoms with E-state index < -0.39 is 16.0 Å². The van der Waals surface area contributed by atoms with Gasteiger partial charge < -0.3 is 9.47 Å². The summed E-state index contributed by atoms with van der Waals surface area (Å²) in [6.07, 6.45) is 0. The fourth-order valence-electron chi connectivity index (χ4n) is 2.75. The second kappa shape index (κ2) is 10.5. The van der Waals surface area contributed by atoms with E-state index in [2.05, 4.69) is 4.72 Å². The molecule has 0 spiro atoms. The molecule has 0 aliphatic heterocycles. The van der Waals surface area contributed by atoms with E-state index >= 15 is 0 Å². The van der Waals surface area contributed by atoms with Gasteiger partial charge >= 0.3 is 5.97 Å². The molecule has 0 saturated heterocycles. The van der Waals surface area contributed by atoms with Crippen LogP contribution in [0.15, 0.2) is 82.6 Å². The monoisotopic (exact) mass is 457 g/mol. The van der Waals surface area contributed by atoms with Gasteiger partial charge in [0.15, 0.2) is 0 Å². The van der Waals surface area contributed by atoms with Crippen molar-refractivity contribution < 1.29 is 22.7 Å². The molecule has 162 valence electrons. The number of hydrogen-bond acceptors (Lipinski definition) is 6. The van der Waals surface area contributed by atoms with Crippen LogP contribution in [0, 0.1) is 6.92 Å². The molecule has 31 heavy (non-hydrogen) atoms. The molecule has 8 heteroatoms. The lowest BCUT2D eigenvalue weighted by molar-refractivity contribution is 0.0599. The van der Waals surface area contributed by atoms with Crippen molar-refractivity contribution in [2.24, 2.45) is 0 Å². The lowest BCUT2D eigenvalue weighted by Gasteiger charge is -2.10. The van der Waals surface area contributed by atoms with Crippen molar-refractivity contribution in [2.75, 3.05) is 19.4 Å². The Balaban J connectivity index is 1.52. The first-order chi connectivity index (χ1) is 14.9. The van der Waals surface area contributed by atoms with Crippen molar-refractivity contribution >= 4 is 27.8 Å². The van der Waals surface area contributed by atoms with Crippen LogP contribution in [0.2, 0.25) is 0 Å². The van der Waals surface area contributed by atoms with Gasteiger partial charge in [0.05, 0.1) is 17.6 Å². The van der Waals surface area contributed by atoms with Crippen LogP contribution >= 0.6 is 11.8 Å². The maximum absolute atomic E-state index is 12.5. The number of thioether (sulfide) groups is 1. The Morgan fingerprint density at radius 1 is 0.968 bits per heavy atom. The molecule has 0 heterocycles. The first-order valence-corrected chi connectivity index (χ1v) is 12.0. The van der Waals surface area contributed by atoms with E-state index in [1.54, 1.807) is 13.0 Å². The van der Waals surface area contributed by atoms with Crippen molar-refractivity contribution in [3.8, 4) is 11.5 Å².